The molecular weight excluding hydrogens is 517 g/mol. The highest BCUT2D eigenvalue weighted by molar-refractivity contribution is 5.98. The average Bonchev–Trinajstić information content (AvgIpc) is 3.38. The predicted molar refractivity (Wildman–Crippen MR) is 132 cm³/mol. The minimum atomic E-state index is -4.65. The Labute approximate surface area is 220 Å². The highest BCUT2D eigenvalue weighted by atomic mass is 19.4. The number of nitrogens with zero attached hydrogens (tertiary/aromatic N) is 5. The number of halogens is 3. The number of hydrogen-bond acceptors (Lipinski definition) is 9. The molecule has 0 unspecified atom stereocenters. The van der Waals surface area contributed by atoms with Gasteiger partial charge in [0.25, 0.3) is 5.91 Å². The molecule has 1 aliphatic heterocycles. The van der Waals surface area contributed by atoms with Crippen LogP contribution in [0.5, 0.6) is 5.75 Å². The molecule has 10 nitrogen and oxygen atoms in total. The molecule has 1 aromatic carbocycles. The summed E-state index contributed by atoms with van der Waals surface area (Å²) < 4.78 is 51.1. The Morgan fingerprint density at radius 3 is 2.46 bits per heavy atom. The van der Waals surface area contributed by atoms with Gasteiger partial charge >= 0.3 is 6.18 Å². The van der Waals surface area contributed by atoms with E-state index in [1.807, 2.05) is 0 Å². The van der Waals surface area contributed by atoms with Crippen LogP contribution in [0.4, 0.5) is 13.2 Å². The van der Waals surface area contributed by atoms with Crippen molar-refractivity contribution in [1.29, 1.82) is 0 Å². The first-order chi connectivity index (χ1) is 18.5. The minimum absolute atomic E-state index is 0.00561. The zero-order valence-electron chi connectivity index (χ0n) is 21.1. The maximum atomic E-state index is 13.5. The van der Waals surface area contributed by atoms with Crippen molar-refractivity contribution >= 4 is 16.8 Å². The third kappa shape index (κ3) is 4.90. The van der Waals surface area contributed by atoms with Crippen molar-refractivity contribution in [3.05, 3.63) is 65.7 Å². The van der Waals surface area contributed by atoms with Gasteiger partial charge in [0.05, 0.1) is 13.2 Å². The quantitative estimate of drug-likeness (QED) is 0.385. The number of pyridine rings is 1. The largest absolute Gasteiger partial charge is 0.494 e. The van der Waals surface area contributed by atoms with Gasteiger partial charge in [-0.15, -0.1) is 0 Å². The fraction of sp³-hybridized carbons (Fsp3) is 0.346. The van der Waals surface area contributed by atoms with Gasteiger partial charge in [-0.05, 0) is 37.3 Å². The number of benzene rings is 1. The van der Waals surface area contributed by atoms with Crippen LogP contribution in [0.2, 0.25) is 0 Å². The molecule has 1 saturated heterocycles. The molecule has 1 amide bonds. The molecule has 1 atom stereocenters. The second-order valence-corrected chi connectivity index (χ2v) is 9.32. The molecule has 4 heterocycles. The molecule has 3 aromatic heterocycles. The standard InChI is InChI=1S/C26H25F3N6O4/c1-14(30)21-20(23(36)35-12-8-25(37,9-13-35)24-31-10-3-11-32-24)34-22(39-21)16-4-6-17(38-2)19-15(16)5-7-18(33-19)26(27,28)29/h3-7,10-11,14,37H,8-9,12-13,30H2,1-2H3/t14-/m0/s1. The van der Waals surface area contributed by atoms with Gasteiger partial charge in [0, 0.05) is 49.3 Å². The van der Waals surface area contributed by atoms with E-state index in [0.717, 1.165) is 6.07 Å². The lowest BCUT2D eigenvalue weighted by Crippen LogP contribution is -2.46. The van der Waals surface area contributed by atoms with Crippen LogP contribution < -0.4 is 10.5 Å². The number of fused-ring (bicyclic) bond motifs is 1. The van der Waals surface area contributed by atoms with Crippen LogP contribution in [0.15, 0.2) is 47.1 Å². The molecule has 0 bridgehead atoms. The lowest BCUT2D eigenvalue weighted by atomic mass is 9.90. The monoisotopic (exact) mass is 542 g/mol. The second-order valence-electron chi connectivity index (χ2n) is 9.32. The lowest BCUT2D eigenvalue weighted by molar-refractivity contribution is -0.140. The van der Waals surface area contributed by atoms with Crippen molar-refractivity contribution in [3.8, 4) is 17.2 Å². The van der Waals surface area contributed by atoms with Gasteiger partial charge in [-0.1, -0.05) is 0 Å². The third-order valence-electron chi connectivity index (χ3n) is 6.69. The summed E-state index contributed by atoms with van der Waals surface area (Å²) in [5.41, 5.74) is 4.05. The summed E-state index contributed by atoms with van der Waals surface area (Å²) in [6.07, 6.45) is -1.11. The van der Waals surface area contributed by atoms with E-state index in [9.17, 15) is 23.1 Å². The van der Waals surface area contributed by atoms with Crippen molar-refractivity contribution in [1.82, 2.24) is 24.8 Å². The molecule has 1 aliphatic rings. The summed E-state index contributed by atoms with van der Waals surface area (Å²) in [6, 6.07) is 6.10. The summed E-state index contributed by atoms with van der Waals surface area (Å²) in [4.78, 5) is 31.5. The van der Waals surface area contributed by atoms with E-state index in [1.165, 1.54) is 24.1 Å². The number of rotatable bonds is 5. The molecule has 13 heteroatoms. The SMILES string of the molecule is COc1ccc(-c2nc(C(=O)N3CCC(O)(c4ncccn4)CC3)c([C@H](C)N)o2)c2ccc(C(F)(F)F)nc12. The summed E-state index contributed by atoms with van der Waals surface area (Å²) >= 11 is 0. The Morgan fingerprint density at radius 1 is 1.15 bits per heavy atom. The summed E-state index contributed by atoms with van der Waals surface area (Å²) in [6.45, 7) is 2.06. The first kappa shape index (κ1) is 26.5. The number of aliphatic hydroxyl groups is 1. The normalized spacial score (nSPS) is 16.3. The van der Waals surface area contributed by atoms with Gasteiger partial charge < -0.3 is 24.9 Å². The molecule has 39 heavy (non-hydrogen) atoms. The number of carbonyl (C=O) groups is 1. The van der Waals surface area contributed by atoms with Crippen LogP contribution in [-0.2, 0) is 11.8 Å². The van der Waals surface area contributed by atoms with Crippen molar-refractivity contribution in [2.75, 3.05) is 20.2 Å². The smallest absolute Gasteiger partial charge is 0.433 e. The molecule has 0 spiro atoms. The Balaban J connectivity index is 1.49. The molecule has 1 fully saturated rings. The van der Waals surface area contributed by atoms with E-state index >= 15 is 0 Å². The highest BCUT2D eigenvalue weighted by Gasteiger charge is 2.39. The number of ether oxygens (including phenoxy) is 1. The maximum Gasteiger partial charge on any atom is 0.433 e. The molecule has 204 valence electrons. The van der Waals surface area contributed by atoms with E-state index < -0.39 is 29.4 Å². The molecule has 0 radical (unpaired) electrons. The number of amides is 1. The average molecular weight is 543 g/mol. The van der Waals surface area contributed by atoms with E-state index in [0.29, 0.717) is 16.8 Å². The van der Waals surface area contributed by atoms with E-state index in [2.05, 4.69) is 19.9 Å². The first-order valence-electron chi connectivity index (χ1n) is 12.1. The van der Waals surface area contributed by atoms with Crippen molar-refractivity contribution < 1.29 is 32.2 Å². The van der Waals surface area contributed by atoms with Crippen molar-refractivity contribution in [3.63, 3.8) is 0 Å². The Morgan fingerprint density at radius 2 is 1.85 bits per heavy atom. The summed E-state index contributed by atoms with van der Waals surface area (Å²) in [7, 11) is 1.33. The lowest BCUT2D eigenvalue weighted by Gasteiger charge is -2.36. The number of likely N-dealkylation sites (tertiary alicyclic amines) is 1. The second kappa shape index (κ2) is 9.89. The number of alkyl halides is 3. The van der Waals surface area contributed by atoms with Gasteiger partial charge in [0.2, 0.25) is 5.89 Å². The predicted octanol–water partition coefficient (Wildman–Crippen LogP) is 3.85. The van der Waals surface area contributed by atoms with Gasteiger partial charge in [-0.3, -0.25) is 4.79 Å². The summed E-state index contributed by atoms with van der Waals surface area (Å²) in [5.74, 6) is 0.129. The van der Waals surface area contributed by atoms with Crippen LogP contribution in [-0.4, -0.2) is 56.0 Å². The maximum absolute atomic E-state index is 13.5. The topological polar surface area (TPSA) is 140 Å². The number of nitrogens with two attached hydrogens (primary N) is 1. The van der Waals surface area contributed by atoms with Crippen LogP contribution in [0.3, 0.4) is 0 Å². The van der Waals surface area contributed by atoms with Crippen LogP contribution in [0.1, 0.15) is 53.6 Å². The van der Waals surface area contributed by atoms with Gasteiger partial charge in [-0.2, -0.15) is 13.2 Å². The van der Waals surface area contributed by atoms with Crippen LogP contribution in [0.25, 0.3) is 22.4 Å². The minimum Gasteiger partial charge on any atom is -0.494 e. The number of piperidine rings is 1. The number of hydrogen-bond donors (Lipinski definition) is 2. The fourth-order valence-electron chi connectivity index (χ4n) is 4.60. The fourth-order valence-corrected chi connectivity index (χ4v) is 4.60. The van der Waals surface area contributed by atoms with Crippen LogP contribution in [0, 0.1) is 0 Å². The molecule has 0 saturated carbocycles. The number of aromatic nitrogens is 4. The number of oxazole rings is 1. The number of methoxy groups -OCH3 is 1. The molecule has 5 rings (SSSR count). The van der Waals surface area contributed by atoms with Gasteiger partial charge in [0.15, 0.2) is 17.3 Å². The molecule has 4 aromatic rings. The zero-order valence-corrected chi connectivity index (χ0v) is 21.1. The van der Waals surface area contributed by atoms with E-state index in [-0.39, 0.29) is 54.5 Å². The Kier molecular flexibility index (Phi) is 6.72. The van der Waals surface area contributed by atoms with Gasteiger partial charge in [-0.25, -0.2) is 19.9 Å². The van der Waals surface area contributed by atoms with E-state index in [4.69, 9.17) is 14.9 Å². The Hall–Kier alpha value is -4.10. The Bertz CT molecular complexity index is 1520. The molecule has 0 aliphatic carbocycles. The van der Waals surface area contributed by atoms with E-state index in [1.54, 1.807) is 31.5 Å². The summed E-state index contributed by atoms with van der Waals surface area (Å²) in [5, 5.41) is 11.3. The zero-order chi connectivity index (χ0) is 27.9. The molecular formula is C26H25F3N6O4. The number of carbonyl (C=O) groups excluding carboxylic acids is 1. The van der Waals surface area contributed by atoms with Crippen molar-refractivity contribution in [2.45, 2.75) is 37.6 Å². The van der Waals surface area contributed by atoms with Crippen molar-refractivity contribution in [2.24, 2.45) is 5.73 Å². The molecule has 3 N–H and O–H groups in total. The van der Waals surface area contributed by atoms with Gasteiger partial charge in [0.1, 0.15) is 22.6 Å². The third-order valence-corrected chi connectivity index (χ3v) is 6.69. The van der Waals surface area contributed by atoms with Crippen LogP contribution >= 0.6 is 0 Å². The first-order valence-corrected chi connectivity index (χ1v) is 12.1. The highest BCUT2D eigenvalue weighted by Crippen LogP contribution is 2.38.